The maximum Gasteiger partial charge on any atom is 1.00 e. The van der Waals surface area contributed by atoms with Gasteiger partial charge in [-0.05, 0) is 43.5 Å². The Morgan fingerprint density at radius 2 is 1.84 bits per heavy atom. The Morgan fingerprint density at radius 3 is 2.52 bits per heavy atom. The fourth-order valence-corrected chi connectivity index (χ4v) is 3.49. The summed E-state index contributed by atoms with van der Waals surface area (Å²) in [6, 6.07) is 5.72. The summed E-state index contributed by atoms with van der Waals surface area (Å²) in [6.07, 6.45) is 2.77. The van der Waals surface area contributed by atoms with Gasteiger partial charge in [0.05, 0.1) is 17.7 Å². The van der Waals surface area contributed by atoms with Crippen LogP contribution < -0.4 is 69.6 Å². The molecule has 0 N–H and O–H groups in total. The van der Waals surface area contributed by atoms with Crippen LogP contribution >= 0.6 is 24.1 Å². The van der Waals surface area contributed by atoms with E-state index in [0.29, 0.717) is 5.75 Å². The van der Waals surface area contributed by atoms with Crippen molar-refractivity contribution in [1.29, 1.82) is 0 Å². The molecule has 0 fully saturated rings. The van der Waals surface area contributed by atoms with Crippen molar-refractivity contribution in [2.45, 2.75) is 43.4 Å². The molecule has 1 atom stereocenters. The van der Waals surface area contributed by atoms with Gasteiger partial charge in [-0.2, -0.15) is 8.67 Å². The third-order valence-electron chi connectivity index (χ3n) is 4.04. The van der Waals surface area contributed by atoms with Crippen molar-refractivity contribution in [2.75, 3.05) is 5.75 Å². The van der Waals surface area contributed by atoms with E-state index in [2.05, 4.69) is 30.7 Å². The molecule has 0 radical (unpaired) electrons. The Kier molecular flexibility index (Phi) is 14.2. The van der Waals surface area contributed by atoms with Crippen molar-refractivity contribution < 1.29 is 88.4 Å². The number of rotatable bonds is 10. The molecule has 7 nitrogen and oxygen atoms in total. The molecule has 11 heteroatoms. The summed E-state index contributed by atoms with van der Waals surface area (Å²) in [5.74, 6) is 0.686. The van der Waals surface area contributed by atoms with Crippen LogP contribution in [0.5, 0.6) is 0 Å². The Morgan fingerprint density at radius 1 is 1.12 bits per heavy atom. The molecular weight excluding hydrogens is 388 g/mol. The van der Waals surface area contributed by atoms with Gasteiger partial charge in [0, 0.05) is 33.8 Å². The molecule has 1 heterocycles. The van der Waals surface area contributed by atoms with Crippen molar-refractivity contribution in [3.63, 3.8) is 0 Å². The second-order valence-corrected chi connectivity index (χ2v) is 6.90. The van der Waals surface area contributed by atoms with Crippen LogP contribution in [0.2, 0.25) is 0 Å². The zero-order valence-electron chi connectivity index (χ0n) is 14.8. The van der Waals surface area contributed by atoms with Crippen LogP contribution in [0.4, 0.5) is 5.69 Å². The minimum Gasteiger partial charge on any atom is -0.691 e. The van der Waals surface area contributed by atoms with Gasteiger partial charge in [0.1, 0.15) is 0 Å². The number of nitrogens with zero attached hydrogens (tertiary/aromatic N) is 1. The fourth-order valence-electron chi connectivity index (χ4n) is 2.67. The molecule has 25 heavy (non-hydrogen) atoms. The summed E-state index contributed by atoms with van der Waals surface area (Å²) >= 11 is 1.88. The standard InChI is InChI=1S/C14H19NO6S2.2Na/c1-10-14(2,7-3-4-8-22-20-18-16)12-9-11(23-21-19-17)5-6-13(12)15-10;;/h5-6,9,16-17H,3-4,7-8H2,1-2H3;;/q;2*+1/p-2. The molecule has 0 aromatic heterocycles. The molecular formula is C14H17NNa2O6S2. The van der Waals surface area contributed by atoms with Crippen molar-refractivity contribution in [3.8, 4) is 0 Å². The molecule has 2 rings (SSSR count). The molecule has 1 aliphatic rings. The SMILES string of the molecule is CC1=Nc2ccc(SOO[O-])cc2C1(C)CCCCSOO[O-].[Na+].[Na+]. The Balaban J connectivity index is 0.00000288. The second-order valence-electron chi connectivity index (χ2n) is 5.34. The van der Waals surface area contributed by atoms with Gasteiger partial charge < -0.3 is 10.5 Å². The molecule has 1 aliphatic heterocycles. The molecule has 1 aromatic rings. The van der Waals surface area contributed by atoms with Gasteiger partial charge >= 0.3 is 59.1 Å². The van der Waals surface area contributed by atoms with Crippen LogP contribution in [0.1, 0.15) is 38.7 Å². The molecule has 0 saturated carbocycles. The minimum absolute atomic E-state index is 0. The maximum atomic E-state index is 9.96. The van der Waals surface area contributed by atoms with E-state index in [4.69, 9.17) is 0 Å². The minimum atomic E-state index is -0.162. The molecule has 0 aliphatic carbocycles. The summed E-state index contributed by atoms with van der Waals surface area (Å²) in [5.41, 5.74) is 2.95. The van der Waals surface area contributed by atoms with E-state index in [9.17, 15) is 10.5 Å². The van der Waals surface area contributed by atoms with E-state index < -0.39 is 0 Å². The number of hydrogen-bond acceptors (Lipinski definition) is 9. The van der Waals surface area contributed by atoms with E-state index in [1.54, 1.807) is 0 Å². The summed E-state index contributed by atoms with van der Waals surface area (Å²) in [6.45, 7) is 4.18. The van der Waals surface area contributed by atoms with Gasteiger partial charge in [0.25, 0.3) is 0 Å². The van der Waals surface area contributed by atoms with Gasteiger partial charge in [0.2, 0.25) is 0 Å². The Labute approximate surface area is 199 Å². The average Bonchev–Trinajstić information content (AvgIpc) is 2.80. The smallest absolute Gasteiger partial charge is 0.691 e. The van der Waals surface area contributed by atoms with Gasteiger partial charge in [-0.3, -0.25) is 15.1 Å². The monoisotopic (exact) mass is 405 g/mol. The first kappa shape index (κ1) is 26.4. The van der Waals surface area contributed by atoms with Gasteiger partial charge in [-0.25, -0.2) is 0 Å². The summed E-state index contributed by atoms with van der Waals surface area (Å²) < 4.78 is 8.62. The van der Waals surface area contributed by atoms with Crippen molar-refractivity contribution in [2.24, 2.45) is 4.99 Å². The summed E-state index contributed by atoms with van der Waals surface area (Å²) in [4.78, 5) is 5.42. The van der Waals surface area contributed by atoms with E-state index in [1.807, 2.05) is 25.1 Å². The van der Waals surface area contributed by atoms with E-state index in [1.165, 1.54) is 0 Å². The number of aliphatic imine (C=N–C) groups is 1. The Bertz CT molecular complexity index is 566. The van der Waals surface area contributed by atoms with E-state index in [-0.39, 0.29) is 64.5 Å². The second kappa shape index (κ2) is 13.5. The first-order valence-corrected chi connectivity index (χ1v) is 8.68. The molecule has 0 saturated heterocycles. The average molecular weight is 405 g/mol. The quantitative estimate of drug-likeness (QED) is 0.129. The number of unbranched alkanes of at least 4 members (excludes halogenated alkanes) is 1. The molecule has 1 aromatic carbocycles. The molecule has 1 unspecified atom stereocenters. The van der Waals surface area contributed by atoms with Gasteiger partial charge in [-0.1, -0.05) is 13.3 Å². The van der Waals surface area contributed by atoms with Crippen molar-refractivity contribution in [3.05, 3.63) is 23.8 Å². The molecule has 0 bridgehead atoms. The summed E-state index contributed by atoms with van der Waals surface area (Å²) in [5, 5.41) is 26.4. The van der Waals surface area contributed by atoms with Crippen LogP contribution in [0.25, 0.3) is 0 Å². The van der Waals surface area contributed by atoms with Gasteiger partial charge in [-0.15, -0.1) is 0 Å². The fraction of sp³-hybridized carbons (Fsp3) is 0.500. The van der Waals surface area contributed by atoms with Crippen LogP contribution in [-0.2, 0) is 24.2 Å². The van der Waals surface area contributed by atoms with Crippen molar-refractivity contribution >= 4 is 35.5 Å². The number of hydrogen-bond donors (Lipinski definition) is 0. The first-order chi connectivity index (χ1) is 11.1. The zero-order chi connectivity index (χ0) is 16.7. The van der Waals surface area contributed by atoms with Crippen LogP contribution in [0.15, 0.2) is 28.1 Å². The third-order valence-corrected chi connectivity index (χ3v) is 5.21. The Hall–Kier alpha value is 1.35. The first-order valence-electron chi connectivity index (χ1n) is 7.03. The van der Waals surface area contributed by atoms with Crippen LogP contribution in [0, 0.1) is 0 Å². The number of benzene rings is 1. The largest absolute Gasteiger partial charge is 1.00 e. The third kappa shape index (κ3) is 7.35. The van der Waals surface area contributed by atoms with Crippen LogP contribution in [-0.4, -0.2) is 11.5 Å². The normalized spacial score (nSPS) is 18.2. The topological polar surface area (TPSA) is 95.4 Å². The molecule has 0 amide bonds. The van der Waals surface area contributed by atoms with E-state index in [0.717, 1.165) is 65.2 Å². The van der Waals surface area contributed by atoms with E-state index >= 15 is 0 Å². The predicted octanol–water partition coefficient (Wildman–Crippen LogP) is -3.67. The maximum absolute atomic E-state index is 9.96. The van der Waals surface area contributed by atoms with Crippen LogP contribution in [0.3, 0.4) is 0 Å². The number of fused-ring (bicyclic) bond motifs is 1. The van der Waals surface area contributed by atoms with Gasteiger partial charge in [0.15, 0.2) is 0 Å². The molecule has 128 valence electrons. The zero-order valence-corrected chi connectivity index (χ0v) is 20.4. The van der Waals surface area contributed by atoms with Crippen molar-refractivity contribution in [1.82, 2.24) is 0 Å². The summed E-state index contributed by atoms with van der Waals surface area (Å²) in [7, 11) is 0. The predicted molar refractivity (Wildman–Crippen MR) is 83.1 cm³/mol. The molecule has 0 spiro atoms.